The number of nitrogens with zero attached hydrogens (tertiary/aromatic N) is 2. The molecule has 0 fully saturated rings. The highest BCUT2D eigenvalue weighted by Gasteiger charge is 2.17. The summed E-state index contributed by atoms with van der Waals surface area (Å²) in [4.78, 5) is 17.7. The highest BCUT2D eigenvalue weighted by Crippen LogP contribution is 2.27. The molecule has 0 aliphatic rings. The van der Waals surface area contributed by atoms with Crippen LogP contribution in [-0.4, -0.2) is 15.9 Å². The zero-order valence-corrected chi connectivity index (χ0v) is 15.8. The van der Waals surface area contributed by atoms with Crippen molar-refractivity contribution in [3.05, 3.63) is 99.8 Å². The van der Waals surface area contributed by atoms with Crippen LogP contribution < -0.4 is 5.56 Å². The van der Waals surface area contributed by atoms with Crippen LogP contribution in [0.15, 0.2) is 82.6 Å². The van der Waals surface area contributed by atoms with Crippen LogP contribution >= 0.6 is 0 Å². The molecule has 0 spiro atoms. The Bertz CT molecular complexity index is 1270. The van der Waals surface area contributed by atoms with E-state index in [9.17, 15) is 9.90 Å². The molecule has 28 heavy (non-hydrogen) atoms. The number of para-hydroxylation sites is 1. The number of aromatic hydroxyl groups is 1. The Morgan fingerprint density at radius 3 is 2.36 bits per heavy atom. The highest BCUT2D eigenvalue weighted by atomic mass is 16.3. The maximum atomic E-state index is 13.1. The normalized spacial score (nSPS) is 11.4. The smallest absolute Gasteiger partial charge is 0.265 e. The zero-order chi connectivity index (χ0) is 19.7. The molecule has 138 valence electrons. The van der Waals surface area contributed by atoms with Crippen molar-refractivity contribution in [2.45, 2.75) is 13.8 Å². The summed E-state index contributed by atoms with van der Waals surface area (Å²) < 4.78 is 1.36. The summed E-state index contributed by atoms with van der Waals surface area (Å²) in [6.07, 6.45) is 1.63. The molecular formula is C24H20N2O2. The molecule has 3 aromatic carbocycles. The summed E-state index contributed by atoms with van der Waals surface area (Å²) in [5.74, 6) is -0.116. The van der Waals surface area contributed by atoms with Gasteiger partial charge in [-0.2, -0.15) is 0 Å². The fraction of sp³-hybridized carbons (Fsp3) is 0.0833. The standard InChI is InChI=1S/C24H20N2O2/c1-16-8-7-10-18(14-16)25-15-21-19-11-4-5-12-20(19)23(27)26(24(21)28)22-13-6-3-9-17(22)2/h3-15,28H,1-2H3. The van der Waals surface area contributed by atoms with Crippen molar-refractivity contribution < 1.29 is 5.11 Å². The van der Waals surface area contributed by atoms with Gasteiger partial charge in [0.1, 0.15) is 0 Å². The molecule has 0 aliphatic heterocycles. The second kappa shape index (κ2) is 7.16. The van der Waals surface area contributed by atoms with E-state index in [2.05, 4.69) is 4.99 Å². The number of hydrogen-bond donors (Lipinski definition) is 1. The number of aliphatic imine (C=N–C) groups is 1. The highest BCUT2D eigenvalue weighted by molar-refractivity contribution is 6.02. The zero-order valence-electron chi connectivity index (χ0n) is 15.8. The Balaban J connectivity index is 2.01. The first-order valence-electron chi connectivity index (χ1n) is 9.10. The predicted molar refractivity (Wildman–Crippen MR) is 114 cm³/mol. The Morgan fingerprint density at radius 1 is 0.893 bits per heavy atom. The molecule has 4 aromatic rings. The van der Waals surface area contributed by atoms with Crippen LogP contribution in [0.5, 0.6) is 5.88 Å². The summed E-state index contributed by atoms with van der Waals surface area (Å²) >= 11 is 0. The van der Waals surface area contributed by atoms with Crippen LogP contribution in [0.1, 0.15) is 16.7 Å². The summed E-state index contributed by atoms with van der Waals surface area (Å²) in [5.41, 5.74) is 3.71. The van der Waals surface area contributed by atoms with Crippen LogP contribution in [0.4, 0.5) is 5.69 Å². The van der Waals surface area contributed by atoms with Gasteiger partial charge in [0, 0.05) is 17.0 Å². The van der Waals surface area contributed by atoms with Crippen molar-refractivity contribution in [2.24, 2.45) is 4.99 Å². The van der Waals surface area contributed by atoms with E-state index in [1.54, 1.807) is 12.3 Å². The van der Waals surface area contributed by atoms with Crippen molar-refractivity contribution >= 4 is 22.7 Å². The number of aryl methyl sites for hydroxylation is 2. The Hall–Kier alpha value is -3.66. The molecule has 4 nitrogen and oxygen atoms in total. The van der Waals surface area contributed by atoms with Gasteiger partial charge in [0.2, 0.25) is 5.88 Å². The minimum absolute atomic E-state index is 0.116. The van der Waals surface area contributed by atoms with Crippen LogP contribution in [0.25, 0.3) is 16.5 Å². The number of benzene rings is 3. The van der Waals surface area contributed by atoms with Crippen molar-refractivity contribution in [1.82, 2.24) is 4.57 Å². The average Bonchev–Trinajstić information content (AvgIpc) is 2.69. The van der Waals surface area contributed by atoms with E-state index in [1.807, 2.05) is 80.6 Å². The Kier molecular flexibility index (Phi) is 4.53. The van der Waals surface area contributed by atoms with Gasteiger partial charge < -0.3 is 5.11 Å². The minimum Gasteiger partial charge on any atom is -0.494 e. The quantitative estimate of drug-likeness (QED) is 0.514. The summed E-state index contributed by atoms with van der Waals surface area (Å²) in [6, 6.07) is 22.6. The fourth-order valence-corrected chi connectivity index (χ4v) is 3.37. The van der Waals surface area contributed by atoms with E-state index < -0.39 is 0 Å². The third-order valence-corrected chi connectivity index (χ3v) is 4.80. The third kappa shape index (κ3) is 3.09. The first-order chi connectivity index (χ1) is 13.6. The molecule has 0 saturated carbocycles. The lowest BCUT2D eigenvalue weighted by atomic mass is 10.1. The molecule has 4 heteroatoms. The SMILES string of the molecule is Cc1cccc(N=Cc2c(O)n(-c3ccccc3C)c(=O)c3ccccc23)c1. The number of pyridine rings is 1. The molecule has 1 N–H and O–H groups in total. The van der Waals surface area contributed by atoms with E-state index >= 15 is 0 Å². The lowest BCUT2D eigenvalue weighted by molar-refractivity contribution is 0.436. The van der Waals surface area contributed by atoms with Gasteiger partial charge >= 0.3 is 0 Å². The van der Waals surface area contributed by atoms with Crippen LogP contribution in [0.3, 0.4) is 0 Å². The predicted octanol–water partition coefficient (Wildman–Crippen LogP) is 5.06. The average molecular weight is 368 g/mol. The first kappa shape index (κ1) is 17.7. The number of hydrogen-bond acceptors (Lipinski definition) is 3. The van der Waals surface area contributed by atoms with Gasteiger partial charge in [-0.1, -0.05) is 48.5 Å². The van der Waals surface area contributed by atoms with Gasteiger partial charge in [-0.05, 0) is 49.2 Å². The van der Waals surface area contributed by atoms with Crippen LogP contribution in [0, 0.1) is 13.8 Å². The fourth-order valence-electron chi connectivity index (χ4n) is 3.37. The summed E-state index contributed by atoms with van der Waals surface area (Å²) in [6.45, 7) is 3.92. The second-order valence-corrected chi connectivity index (χ2v) is 6.81. The first-order valence-corrected chi connectivity index (χ1v) is 9.10. The maximum Gasteiger partial charge on any atom is 0.265 e. The molecule has 1 aromatic heterocycles. The van der Waals surface area contributed by atoms with Crippen LogP contribution in [-0.2, 0) is 0 Å². The lowest BCUT2D eigenvalue weighted by Crippen LogP contribution is -2.20. The second-order valence-electron chi connectivity index (χ2n) is 6.81. The monoisotopic (exact) mass is 368 g/mol. The molecule has 0 saturated heterocycles. The van der Waals surface area contributed by atoms with Gasteiger partial charge in [0.25, 0.3) is 5.56 Å². The molecule has 1 heterocycles. The molecule has 4 rings (SSSR count). The van der Waals surface area contributed by atoms with E-state index in [0.29, 0.717) is 22.0 Å². The topological polar surface area (TPSA) is 54.6 Å². The van der Waals surface area contributed by atoms with Crippen molar-refractivity contribution in [3.8, 4) is 11.6 Å². The largest absolute Gasteiger partial charge is 0.494 e. The van der Waals surface area contributed by atoms with Crippen molar-refractivity contribution in [2.75, 3.05) is 0 Å². The molecule has 0 atom stereocenters. The minimum atomic E-state index is -0.255. The van der Waals surface area contributed by atoms with Crippen molar-refractivity contribution in [3.63, 3.8) is 0 Å². The number of aromatic nitrogens is 1. The number of fused-ring (bicyclic) bond motifs is 1. The lowest BCUT2D eigenvalue weighted by Gasteiger charge is -2.15. The number of rotatable bonds is 3. The van der Waals surface area contributed by atoms with E-state index in [1.165, 1.54) is 4.57 Å². The van der Waals surface area contributed by atoms with Crippen LogP contribution in [0.2, 0.25) is 0 Å². The van der Waals surface area contributed by atoms with E-state index in [4.69, 9.17) is 0 Å². The molecule has 0 aliphatic carbocycles. The molecular weight excluding hydrogens is 348 g/mol. The molecule has 0 bridgehead atoms. The summed E-state index contributed by atoms with van der Waals surface area (Å²) in [7, 11) is 0. The molecule has 0 amide bonds. The summed E-state index contributed by atoms with van der Waals surface area (Å²) in [5, 5.41) is 12.3. The van der Waals surface area contributed by atoms with Gasteiger partial charge in [0.05, 0.1) is 16.9 Å². The maximum absolute atomic E-state index is 13.1. The third-order valence-electron chi connectivity index (χ3n) is 4.80. The van der Waals surface area contributed by atoms with Crippen molar-refractivity contribution in [1.29, 1.82) is 0 Å². The Labute approximate surface area is 163 Å². The van der Waals surface area contributed by atoms with Gasteiger partial charge in [-0.3, -0.25) is 9.79 Å². The van der Waals surface area contributed by atoms with E-state index in [0.717, 1.165) is 16.8 Å². The molecule has 0 unspecified atom stereocenters. The Morgan fingerprint density at radius 2 is 1.61 bits per heavy atom. The van der Waals surface area contributed by atoms with Gasteiger partial charge in [0.15, 0.2) is 0 Å². The van der Waals surface area contributed by atoms with Gasteiger partial charge in [-0.15, -0.1) is 0 Å². The van der Waals surface area contributed by atoms with Gasteiger partial charge in [-0.25, -0.2) is 4.57 Å². The molecule has 0 radical (unpaired) electrons. The van der Waals surface area contributed by atoms with E-state index in [-0.39, 0.29) is 11.4 Å².